The number of carbonyl (C=O) groups is 1. The van der Waals surface area contributed by atoms with Crippen LogP contribution in [-0.2, 0) is 4.79 Å². The number of ether oxygens (including phenoxy) is 1. The molecule has 0 fully saturated rings. The van der Waals surface area contributed by atoms with Crippen molar-refractivity contribution >= 4 is 11.6 Å². The van der Waals surface area contributed by atoms with Crippen LogP contribution in [0.5, 0.6) is 5.75 Å². The van der Waals surface area contributed by atoms with E-state index in [1.54, 1.807) is 20.0 Å². The molecule has 5 nitrogen and oxygen atoms in total. The Labute approximate surface area is 106 Å². The van der Waals surface area contributed by atoms with Crippen LogP contribution >= 0.6 is 0 Å². The molecule has 0 radical (unpaired) electrons. The molecular formula is C13H18N2O3. The standard InChI is InChI=1S/C13H18N2O3/c1-10(15-17)11-5-3-6-12(9-11)18-8-4-7-13(16)14-2/h3,5-6,9,17H,4,7-8H2,1-2H3,(H,14,16). The van der Waals surface area contributed by atoms with Gasteiger partial charge in [-0.3, -0.25) is 4.79 Å². The van der Waals surface area contributed by atoms with E-state index < -0.39 is 0 Å². The molecule has 0 unspecified atom stereocenters. The first kappa shape index (κ1) is 14.0. The van der Waals surface area contributed by atoms with E-state index in [2.05, 4.69) is 10.5 Å². The second kappa shape index (κ2) is 7.32. The fraction of sp³-hybridized carbons (Fsp3) is 0.385. The minimum absolute atomic E-state index is 0.00982. The molecule has 1 amide bonds. The average molecular weight is 250 g/mol. The van der Waals surface area contributed by atoms with Crippen LogP contribution in [0, 0.1) is 0 Å². The van der Waals surface area contributed by atoms with Gasteiger partial charge < -0.3 is 15.3 Å². The van der Waals surface area contributed by atoms with Crippen LogP contribution in [-0.4, -0.2) is 30.5 Å². The molecule has 1 aromatic carbocycles. The summed E-state index contributed by atoms with van der Waals surface area (Å²) >= 11 is 0. The third-order valence-corrected chi connectivity index (χ3v) is 2.50. The number of rotatable bonds is 6. The molecule has 0 heterocycles. The minimum atomic E-state index is 0.00982. The fourth-order valence-corrected chi connectivity index (χ4v) is 1.42. The number of carbonyl (C=O) groups excluding carboxylic acids is 1. The maximum Gasteiger partial charge on any atom is 0.219 e. The van der Waals surface area contributed by atoms with Gasteiger partial charge in [0, 0.05) is 19.0 Å². The molecular weight excluding hydrogens is 232 g/mol. The maximum atomic E-state index is 11.0. The van der Waals surface area contributed by atoms with Gasteiger partial charge in [-0.2, -0.15) is 0 Å². The van der Waals surface area contributed by atoms with E-state index >= 15 is 0 Å². The van der Waals surface area contributed by atoms with Gasteiger partial charge in [0.25, 0.3) is 0 Å². The van der Waals surface area contributed by atoms with Crippen LogP contribution in [0.4, 0.5) is 0 Å². The Morgan fingerprint density at radius 2 is 2.28 bits per heavy atom. The molecule has 0 saturated heterocycles. The molecule has 0 saturated carbocycles. The van der Waals surface area contributed by atoms with E-state index in [4.69, 9.17) is 9.94 Å². The van der Waals surface area contributed by atoms with Crippen molar-refractivity contribution in [2.24, 2.45) is 5.16 Å². The molecule has 18 heavy (non-hydrogen) atoms. The molecule has 0 aliphatic rings. The minimum Gasteiger partial charge on any atom is -0.494 e. The molecule has 0 aromatic heterocycles. The van der Waals surface area contributed by atoms with Crippen molar-refractivity contribution in [3.05, 3.63) is 29.8 Å². The average Bonchev–Trinajstić information content (AvgIpc) is 2.42. The van der Waals surface area contributed by atoms with Crippen molar-refractivity contribution in [3.8, 4) is 5.75 Å². The number of oxime groups is 1. The van der Waals surface area contributed by atoms with Crippen molar-refractivity contribution in [2.45, 2.75) is 19.8 Å². The van der Waals surface area contributed by atoms with Crippen molar-refractivity contribution in [1.82, 2.24) is 5.32 Å². The molecule has 5 heteroatoms. The number of hydrogen-bond acceptors (Lipinski definition) is 4. The molecule has 0 spiro atoms. The highest BCUT2D eigenvalue weighted by atomic mass is 16.5. The van der Waals surface area contributed by atoms with Gasteiger partial charge >= 0.3 is 0 Å². The Morgan fingerprint density at radius 1 is 1.50 bits per heavy atom. The summed E-state index contributed by atoms with van der Waals surface area (Å²) in [5, 5.41) is 14.4. The zero-order chi connectivity index (χ0) is 13.4. The lowest BCUT2D eigenvalue weighted by Crippen LogP contribution is -2.18. The lowest BCUT2D eigenvalue weighted by atomic mass is 10.1. The third-order valence-electron chi connectivity index (χ3n) is 2.50. The predicted octanol–water partition coefficient (Wildman–Crippen LogP) is 1.79. The summed E-state index contributed by atoms with van der Waals surface area (Å²) in [5.41, 5.74) is 1.34. The van der Waals surface area contributed by atoms with Crippen LogP contribution in [0.25, 0.3) is 0 Å². The van der Waals surface area contributed by atoms with Gasteiger partial charge in [-0.1, -0.05) is 17.3 Å². The zero-order valence-electron chi connectivity index (χ0n) is 10.6. The van der Waals surface area contributed by atoms with Gasteiger partial charge in [0.1, 0.15) is 5.75 Å². The van der Waals surface area contributed by atoms with Crippen molar-refractivity contribution in [2.75, 3.05) is 13.7 Å². The summed E-state index contributed by atoms with van der Waals surface area (Å²) in [6.07, 6.45) is 1.12. The van der Waals surface area contributed by atoms with Gasteiger partial charge in [0.15, 0.2) is 0 Å². The Bertz CT molecular complexity index is 430. The number of benzene rings is 1. The van der Waals surface area contributed by atoms with Crippen LogP contribution < -0.4 is 10.1 Å². The number of hydrogen-bond donors (Lipinski definition) is 2. The molecule has 0 aliphatic heterocycles. The van der Waals surface area contributed by atoms with Crippen LogP contribution in [0.15, 0.2) is 29.4 Å². The van der Waals surface area contributed by atoms with Crippen molar-refractivity contribution in [1.29, 1.82) is 0 Å². The fourth-order valence-electron chi connectivity index (χ4n) is 1.42. The Morgan fingerprint density at radius 3 is 2.94 bits per heavy atom. The van der Waals surface area contributed by atoms with Crippen LogP contribution in [0.3, 0.4) is 0 Å². The monoisotopic (exact) mass is 250 g/mol. The molecule has 1 aromatic rings. The molecule has 98 valence electrons. The first-order chi connectivity index (χ1) is 8.67. The Hall–Kier alpha value is -2.04. The van der Waals surface area contributed by atoms with Gasteiger partial charge in [-0.15, -0.1) is 0 Å². The van der Waals surface area contributed by atoms with E-state index in [0.717, 1.165) is 5.56 Å². The Kier molecular flexibility index (Phi) is 5.70. The predicted molar refractivity (Wildman–Crippen MR) is 69.2 cm³/mol. The second-order valence-corrected chi connectivity index (χ2v) is 3.84. The first-order valence-corrected chi connectivity index (χ1v) is 5.80. The van der Waals surface area contributed by atoms with Crippen LogP contribution in [0.1, 0.15) is 25.3 Å². The number of nitrogens with one attached hydrogen (secondary N) is 1. The highest BCUT2D eigenvalue weighted by Crippen LogP contribution is 2.14. The third kappa shape index (κ3) is 4.45. The molecule has 0 atom stereocenters. The van der Waals surface area contributed by atoms with E-state index in [-0.39, 0.29) is 5.91 Å². The molecule has 1 rings (SSSR count). The first-order valence-electron chi connectivity index (χ1n) is 5.80. The summed E-state index contributed by atoms with van der Waals surface area (Å²) in [6, 6.07) is 7.30. The summed E-state index contributed by atoms with van der Waals surface area (Å²) < 4.78 is 5.52. The lowest BCUT2D eigenvalue weighted by molar-refractivity contribution is -0.120. The second-order valence-electron chi connectivity index (χ2n) is 3.84. The van der Waals surface area contributed by atoms with Gasteiger partial charge in [0.2, 0.25) is 5.91 Å². The zero-order valence-corrected chi connectivity index (χ0v) is 10.6. The van der Waals surface area contributed by atoms with Gasteiger partial charge in [-0.25, -0.2) is 0 Å². The lowest BCUT2D eigenvalue weighted by Gasteiger charge is -2.07. The van der Waals surface area contributed by atoms with E-state index in [1.807, 2.05) is 18.2 Å². The van der Waals surface area contributed by atoms with Crippen LogP contribution in [0.2, 0.25) is 0 Å². The van der Waals surface area contributed by atoms with Gasteiger partial charge in [0.05, 0.1) is 12.3 Å². The SMILES string of the molecule is CNC(=O)CCCOc1cccc(C(C)=NO)c1. The highest BCUT2D eigenvalue weighted by molar-refractivity contribution is 5.98. The van der Waals surface area contributed by atoms with E-state index in [9.17, 15) is 4.79 Å². The topological polar surface area (TPSA) is 70.9 Å². The van der Waals surface area contributed by atoms with Crippen molar-refractivity contribution in [3.63, 3.8) is 0 Å². The van der Waals surface area contributed by atoms with Crippen molar-refractivity contribution < 1.29 is 14.7 Å². The summed E-state index contributed by atoms with van der Waals surface area (Å²) in [5.74, 6) is 0.711. The molecule has 2 N–H and O–H groups in total. The summed E-state index contributed by atoms with van der Waals surface area (Å²) in [4.78, 5) is 11.0. The molecule has 0 bridgehead atoms. The molecule has 0 aliphatic carbocycles. The maximum absolute atomic E-state index is 11.0. The summed E-state index contributed by atoms with van der Waals surface area (Å²) in [6.45, 7) is 2.19. The normalized spacial score (nSPS) is 11.1. The smallest absolute Gasteiger partial charge is 0.219 e. The Balaban J connectivity index is 2.45. The number of amides is 1. The van der Waals surface area contributed by atoms with E-state index in [0.29, 0.717) is 30.9 Å². The quantitative estimate of drug-likeness (QED) is 0.350. The van der Waals surface area contributed by atoms with Gasteiger partial charge in [-0.05, 0) is 25.5 Å². The largest absolute Gasteiger partial charge is 0.494 e. The summed E-state index contributed by atoms with van der Waals surface area (Å²) in [7, 11) is 1.61. The number of nitrogens with zero attached hydrogens (tertiary/aromatic N) is 1. The highest BCUT2D eigenvalue weighted by Gasteiger charge is 2.01. The van der Waals surface area contributed by atoms with E-state index in [1.165, 1.54) is 0 Å².